The molecule has 0 aromatic heterocycles. The van der Waals surface area contributed by atoms with Gasteiger partial charge in [-0.3, -0.25) is 4.99 Å². The molecule has 0 aromatic rings. The van der Waals surface area contributed by atoms with Crippen LogP contribution in [0.25, 0.3) is 0 Å². The maximum absolute atomic E-state index is 4.24. The Hall–Kier alpha value is -0.590. The maximum Gasteiger partial charge on any atom is 0.0417 e. The lowest BCUT2D eigenvalue weighted by Crippen LogP contribution is -1.94. The minimum absolute atomic E-state index is 0.735. The standard InChI is InChI=1S/C8H13N.C2H6/c1-7-3-4-8(2)6-9-5-7;1-2/h3,5,8H,4,6H2,1-2H3;1-2H3. The Labute approximate surface area is 70.2 Å². The van der Waals surface area contributed by atoms with E-state index in [0.29, 0.717) is 0 Å². The molecule has 64 valence electrons. The summed E-state index contributed by atoms with van der Waals surface area (Å²) in [4.78, 5) is 4.24. The third kappa shape index (κ3) is 4.77. The van der Waals surface area contributed by atoms with Gasteiger partial charge in [0, 0.05) is 12.8 Å². The highest BCUT2D eigenvalue weighted by Crippen LogP contribution is 2.08. The lowest BCUT2D eigenvalue weighted by Gasteiger charge is -1.99. The number of hydrogen-bond acceptors (Lipinski definition) is 1. The quantitative estimate of drug-likeness (QED) is 0.507. The average molecular weight is 153 g/mol. The fraction of sp³-hybridized carbons (Fsp3) is 0.700. The minimum Gasteiger partial charge on any atom is -0.293 e. The third-order valence-electron chi connectivity index (χ3n) is 1.55. The second-order valence-electron chi connectivity index (χ2n) is 2.78. The Morgan fingerprint density at radius 1 is 1.45 bits per heavy atom. The summed E-state index contributed by atoms with van der Waals surface area (Å²) in [7, 11) is 0. The molecule has 0 bridgehead atoms. The normalized spacial score (nSPS) is 22.9. The second-order valence-corrected chi connectivity index (χ2v) is 2.78. The van der Waals surface area contributed by atoms with Gasteiger partial charge in [-0.1, -0.05) is 26.8 Å². The zero-order chi connectivity index (χ0) is 8.69. The van der Waals surface area contributed by atoms with Crippen molar-refractivity contribution < 1.29 is 0 Å². The van der Waals surface area contributed by atoms with Crippen molar-refractivity contribution in [1.82, 2.24) is 0 Å². The third-order valence-corrected chi connectivity index (χ3v) is 1.55. The molecule has 1 heteroatoms. The van der Waals surface area contributed by atoms with E-state index in [1.807, 2.05) is 20.1 Å². The number of hydrogen-bond donors (Lipinski definition) is 0. The van der Waals surface area contributed by atoms with E-state index in [1.54, 1.807) is 0 Å². The van der Waals surface area contributed by atoms with Crippen LogP contribution in [0.2, 0.25) is 0 Å². The first-order chi connectivity index (χ1) is 5.29. The summed E-state index contributed by atoms with van der Waals surface area (Å²) < 4.78 is 0. The van der Waals surface area contributed by atoms with E-state index in [0.717, 1.165) is 12.5 Å². The van der Waals surface area contributed by atoms with Gasteiger partial charge >= 0.3 is 0 Å². The molecule has 1 heterocycles. The van der Waals surface area contributed by atoms with Crippen molar-refractivity contribution >= 4 is 6.21 Å². The van der Waals surface area contributed by atoms with Gasteiger partial charge in [0.15, 0.2) is 0 Å². The summed E-state index contributed by atoms with van der Waals surface area (Å²) in [5, 5.41) is 0. The van der Waals surface area contributed by atoms with E-state index in [2.05, 4.69) is 24.9 Å². The molecule has 0 saturated carbocycles. The molecule has 1 atom stereocenters. The van der Waals surface area contributed by atoms with Gasteiger partial charge in [-0.25, -0.2) is 0 Å². The predicted octanol–water partition coefficient (Wildman–Crippen LogP) is 3.07. The molecule has 1 nitrogen and oxygen atoms in total. The highest BCUT2D eigenvalue weighted by atomic mass is 14.7. The molecule has 11 heavy (non-hydrogen) atoms. The van der Waals surface area contributed by atoms with E-state index in [-0.39, 0.29) is 0 Å². The Morgan fingerprint density at radius 2 is 2.09 bits per heavy atom. The SMILES string of the molecule is CC.CC1=CCC(C)CN=C1. The molecular formula is C10H19N. The van der Waals surface area contributed by atoms with Crippen LogP contribution >= 0.6 is 0 Å². The van der Waals surface area contributed by atoms with Gasteiger partial charge in [0.25, 0.3) is 0 Å². The predicted molar refractivity (Wildman–Crippen MR) is 52.2 cm³/mol. The molecule has 0 N–H and O–H groups in total. The van der Waals surface area contributed by atoms with Crippen molar-refractivity contribution in [3.8, 4) is 0 Å². The Bertz CT molecular complexity index is 145. The Morgan fingerprint density at radius 3 is 2.73 bits per heavy atom. The first-order valence-electron chi connectivity index (χ1n) is 4.45. The smallest absolute Gasteiger partial charge is 0.0417 e. The van der Waals surface area contributed by atoms with E-state index >= 15 is 0 Å². The summed E-state index contributed by atoms with van der Waals surface area (Å²) in [6.07, 6.45) is 5.40. The van der Waals surface area contributed by atoms with Crippen LogP contribution in [0.5, 0.6) is 0 Å². The summed E-state index contributed by atoms with van der Waals surface area (Å²) in [5.41, 5.74) is 1.30. The molecule has 0 fully saturated rings. The molecule has 1 aliphatic heterocycles. The molecule has 1 rings (SSSR count). The van der Waals surface area contributed by atoms with Crippen LogP contribution in [-0.4, -0.2) is 12.8 Å². The molecule has 0 saturated heterocycles. The van der Waals surface area contributed by atoms with Gasteiger partial charge in [0.05, 0.1) is 0 Å². The fourth-order valence-electron chi connectivity index (χ4n) is 0.891. The van der Waals surface area contributed by atoms with Crippen LogP contribution < -0.4 is 0 Å². The van der Waals surface area contributed by atoms with Gasteiger partial charge in [-0.05, 0) is 24.8 Å². The fourth-order valence-corrected chi connectivity index (χ4v) is 0.891. The van der Waals surface area contributed by atoms with Gasteiger partial charge in [0.2, 0.25) is 0 Å². The van der Waals surface area contributed by atoms with Gasteiger partial charge < -0.3 is 0 Å². The van der Waals surface area contributed by atoms with Gasteiger partial charge in [0.1, 0.15) is 0 Å². The Balaban J connectivity index is 0.000000461. The van der Waals surface area contributed by atoms with Crippen molar-refractivity contribution in [2.75, 3.05) is 6.54 Å². The van der Waals surface area contributed by atoms with Gasteiger partial charge in [-0.2, -0.15) is 0 Å². The topological polar surface area (TPSA) is 12.4 Å². The molecule has 0 aliphatic carbocycles. The van der Waals surface area contributed by atoms with Crippen LogP contribution in [-0.2, 0) is 0 Å². The largest absolute Gasteiger partial charge is 0.293 e. The first-order valence-corrected chi connectivity index (χ1v) is 4.45. The average Bonchev–Trinajstić information content (AvgIpc) is 2.20. The molecular weight excluding hydrogens is 134 g/mol. The first kappa shape index (κ1) is 10.4. The summed E-state index contributed by atoms with van der Waals surface area (Å²) in [6.45, 7) is 9.32. The van der Waals surface area contributed by atoms with E-state index < -0.39 is 0 Å². The molecule has 0 radical (unpaired) electrons. The monoisotopic (exact) mass is 153 g/mol. The summed E-state index contributed by atoms with van der Waals surface area (Å²) in [6, 6.07) is 0. The molecule has 0 spiro atoms. The zero-order valence-electron chi connectivity index (χ0n) is 8.09. The summed E-state index contributed by atoms with van der Waals surface area (Å²) in [5.74, 6) is 0.735. The van der Waals surface area contributed by atoms with Crippen molar-refractivity contribution in [3.05, 3.63) is 11.6 Å². The van der Waals surface area contributed by atoms with E-state index in [9.17, 15) is 0 Å². The lowest BCUT2D eigenvalue weighted by atomic mass is 10.1. The van der Waals surface area contributed by atoms with E-state index in [4.69, 9.17) is 0 Å². The van der Waals surface area contributed by atoms with E-state index in [1.165, 1.54) is 12.0 Å². The maximum atomic E-state index is 4.24. The molecule has 1 aliphatic rings. The highest BCUT2D eigenvalue weighted by molar-refractivity contribution is 5.77. The van der Waals surface area contributed by atoms with Crippen LogP contribution in [0, 0.1) is 5.92 Å². The summed E-state index contributed by atoms with van der Waals surface area (Å²) >= 11 is 0. The van der Waals surface area contributed by atoms with Crippen molar-refractivity contribution in [3.63, 3.8) is 0 Å². The number of allylic oxidation sites excluding steroid dienone is 2. The van der Waals surface area contributed by atoms with Crippen LogP contribution in [0.1, 0.15) is 34.1 Å². The highest BCUT2D eigenvalue weighted by Gasteiger charge is 2.00. The van der Waals surface area contributed by atoms with Crippen LogP contribution in [0.4, 0.5) is 0 Å². The minimum atomic E-state index is 0.735. The van der Waals surface area contributed by atoms with Crippen molar-refractivity contribution in [2.45, 2.75) is 34.1 Å². The van der Waals surface area contributed by atoms with Crippen molar-refractivity contribution in [2.24, 2.45) is 10.9 Å². The zero-order valence-corrected chi connectivity index (χ0v) is 8.09. The van der Waals surface area contributed by atoms with Crippen molar-refractivity contribution in [1.29, 1.82) is 0 Å². The molecule has 1 unspecified atom stereocenters. The van der Waals surface area contributed by atoms with Crippen LogP contribution in [0.3, 0.4) is 0 Å². The molecule has 0 amide bonds. The van der Waals surface area contributed by atoms with Crippen LogP contribution in [0.15, 0.2) is 16.6 Å². The number of rotatable bonds is 0. The van der Waals surface area contributed by atoms with Gasteiger partial charge in [-0.15, -0.1) is 0 Å². The lowest BCUT2D eigenvalue weighted by molar-refractivity contribution is 0.612. The Kier molecular flexibility index (Phi) is 5.81. The molecule has 0 aromatic carbocycles. The number of aliphatic imine (C=N–C) groups is 1. The number of nitrogens with zero attached hydrogens (tertiary/aromatic N) is 1. The second kappa shape index (κ2) is 6.14.